The molecule has 4 rings (SSSR count). The second-order valence-electron chi connectivity index (χ2n) is 8.78. The molecular weight excluding hydrogens is 405 g/mol. The number of carbonyl (C=O) groups excluding carboxylic acids is 2. The third-order valence-corrected chi connectivity index (χ3v) is 6.40. The number of nitrogens with zero attached hydrogens (tertiary/aromatic N) is 2. The average molecular weight is 436 g/mol. The molecule has 2 amide bonds. The SMILES string of the molecule is Cc1cc2c(cc1C)CN(C(=O)C1=CCCN(CCC(=O)Nc3ccc(F)cc3)C1)CC2. The van der Waals surface area contributed by atoms with E-state index in [9.17, 15) is 14.0 Å². The minimum absolute atomic E-state index is 0.106. The molecule has 0 unspecified atom stereocenters. The van der Waals surface area contributed by atoms with Crippen molar-refractivity contribution >= 4 is 17.5 Å². The Hall–Kier alpha value is -2.99. The minimum Gasteiger partial charge on any atom is -0.334 e. The van der Waals surface area contributed by atoms with Crippen LogP contribution in [0.5, 0.6) is 0 Å². The number of amides is 2. The van der Waals surface area contributed by atoms with Crippen LogP contribution in [0.1, 0.15) is 35.1 Å². The number of hydrogen-bond acceptors (Lipinski definition) is 3. The summed E-state index contributed by atoms with van der Waals surface area (Å²) >= 11 is 0. The Balaban J connectivity index is 1.30. The van der Waals surface area contributed by atoms with Crippen molar-refractivity contribution < 1.29 is 14.0 Å². The zero-order valence-electron chi connectivity index (χ0n) is 18.8. The maximum Gasteiger partial charge on any atom is 0.251 e. The predicted molar refractivity (Wildman–Crippen MR) is 124 cm³/mol. The minimum atomic E-state index is -0.331. The first-order valence-electron chi connectivity index (χ1n) is 11.2. The van der Waals surface area contributed by atoms with Crippen LogP contribution < -0.4 is 5.32 Å². The monoisotopic (exact) mass is 435 g/mol. The molecule has 0 aromatic heterocycles. The van der Waals surface area contributed by atoms with Gasteiger partial charge in [-0.1, -0.05) is 18.2 Å². The molecule has 0 aliphatic carbocycles. The lowest BCUT2D eigenvalue weighted by atomic mass is 9.94. The second kappa shape index (κ2) is 9.65. The summed E-state index contributed by atoms with van der Waals surface area (Å²) in [6, 6.07) is 10.2. The summed E-state index contributed by atoms with van der Waals surface area (Å²) in [5, 5.41) is 2.79. The fourth-order valence-corrected chi connectivity index (χ4v) is 4.40. The highest BCUT2D eigenvalue weighted by Gasteiger charge is 2.26. The Kier molecular flexibility index (Phi) is 6.70. The highest BCUT2D eigenvalue weighted by Crippen LogP contribution is 2.24. The number of halogens is 1. The van der Waals surface area contributed by atoms with E-state index < -0.39 is 0 Å². The van der Waals surface area contributed by atoms with Crippen LogP contribution in [0.4, 0.5) is 10.1 Å². The summed E-state index contributed by atoms with van der Waals surface area (Å²) in [4.78, 5) is 29.5. The normalized spacial score (nSPS) is 16.3. The first-order chi connectivity index (χ1) is 15.4. The van der Waals surface area contributed by atoms with Gasteiger partial charge in [-0.25, -0.2) is 4.39 Å². The Morgan fingerprint density at radius 2 is 1.72 bits per heavy atom. The fraction of sp³-hybridized carbons (Fsp3) is 0.385. The molecule has 0 spiro atoms. The number of anilines is 1. The van der Waals surface area contributed by atoms with E-state index >= 15 is 0 Å². The number of hydrogen-bond donors (Lipinski definition) is 1. The van der Waals surface area contributed by atoms with E-state index in [2.05, 4.69) is 36.2 Å². The Bertz CT molecular complexity index is 1050. The van der Waals surface area contributed by atoms with Crippen LogP contribution in [-0.4, -0.2) is 47.8 Å². The van der Waals surface area contributed by atoms with Crippen LogP contribution in [-0.2, 0) is 22.6 Å². The Labute approximate surface area is 188 Å². The van der Waals surface area contributed by atoms with Gasteiger partial charge < -0.3 is 10.2 Å². The molecule has 5 nitrogen and oxygen atoms in total. The molecule has 168 valence electrons. The molecule has 2 aliphatic rings. The Morgan fingerprint density at radius 3 is 2.47 bits per heavy atom. The molecule has 0 atom stereocenters. The quantitative estimate of drug-likeness (QED) is 0.773. The molecule has 0 saturated carbocycles. The molecule has 0 radical (unpaired) electrons. The van der Waals surface area contributed by atoms with E-state index in [1.54, 1.807) is 12.1 Å². The van der Waals surface area contributed by atoms with Gasteiger partial charge in [0.1, 0.15) is 5.82 Å². The molecule has 2 aromatic carbocycles. The maximum absolute atomic E-state index is 13.2. The zero-order chi connectivity index (χ0) is 22.7. The van der Waals surface area contributed by atoms with Gasteiger partial charge in [-0.3, -0.25) is 14.5 Å². The number of aryl methyl sites for hydroxylation is 2. The lowest BCUT2D eigenvalue weighted by Crippen LogP contribution is -2.41. The molecule has 6 heteroatoms. The van der Waals surface area contributed by atoms with Gasteiger partial charge >= 0.3 is 0 Å². The summed E-state index contributed by atoms with van der Waals surface area (Å²) in [5.74, 6) is -0.338. The third kappa shape index (κ3) is 5.25. The molecule has 1 N–H and O–H groups in total. The molecule has 0 bridgehead atoms. The van der Waals surface area contributed by atoms with E-state index in [-0.39, 0.29) is 17.6 Å². The van der Waals surface area contributed by atoms with Gasteiger partial charge in [-0.2, -0.15) is 0 Å². The number of carbonyl (C=O) groups is 2. The number of nitrogens with one attached hydrogen (secondary N) is 1. The van der Waals surface area contributed by atoms with E-state index in [1.807, 2.05) is 11.0 Å². The average Bonchev–Trinajstić information content (AvgIpc) is 2.79. The first-order valence-corrected chi connectivity index (χ1v) is 11.2. The highest BCUT2D eigenvalue weighted by molar-refractivity contribution is 5.94. The van der Waals surface area contributed by atoms with Crippen molar-refractivity contribution in [3.05, 3.63) is 76.1 Å². The van der Waals surface area contributed by atoms with Gasteiger partial charge in [0.25, 0.3) is 5.91 Å². The largest absolute Gasteiger partial charge is 0.334 e. The van der Waals surface area contributed by atoms with Crippen molar-refractivity contribution in [1.82, 2.24) is 9.80 Å². The highest BCUT2D eigenvalue weighted by atomic mass is 19.1. The molecular formula is C26H30FN3O2. The van der Waals surface area contributed by atoms with Gasteiger partial charge in [0.2, 0.25) is 5.91 Å². The summed E-state index contributed by atoms with van der Waals surface area (Å²) in [6.07, 6.45) is 4.08. The number of benzene rings is 2. The van der Waals surface area contributed by atoms with Crippen LogP contribution in [0.15, 0.2) is 48.0 Å². The van der Waals surface area contributed by atoms with Crippen LogP contribution in [0.2, 0.25) is 0 Å². The third-order valence-electron chi connectivity index (χ3n) is 6.40. The summed E-state index contributed by atoms with van der Waals surface area (Å²) < 4.78 is 13.0. The summed E-state index contributed by atoms with van der Waals surface area (Å²) in [6.45, 7) is 7.64. The smallest absolute Gasteiger partial charge is 0.251 e. The summed E-state index contributed by atoms with van der Waals surface area (Å²) in [5.41, 5.74) is 6.57. The van der Waals surface area contributed by atoms with E-state index in [0.29, 0.717) is 31.7 Å². The molecule has 2 aromatic rings. The second-order valence-corrected chi connectivity index (χ2v) is 8.78. The van der Waals surface area contributed by atoms with Crippen molar-refractivity contribution in [3.63, 3.8) is 0 Å². The van der Waals surface area contributed by atoms with Crippen LogP contribution in [0, 0.1) is 19.7 Å². The van der Waals surface area contributed by atoms with Crippen molar-refractivity contribution in [2.75, 3.05) is 31.5 Å². The molecule has 32 heavy (non-hydrogen) atoms. The molecule has 0 fully saturated rings. The van der Waals surface area contributed by atoms with E-state index in [4.69, 9.17) is 0 Å². The first kappa shape index (κ1) is 22.2. The fourth-order valence-electron chi connectivity index (χ4n) is 4.40. The molecule has 2 heterocycles. The van der Waals surface area contributed by atoms with Gasteiger partial charge in [-0.15, -0.1) is 0 Å². The standard InChI is InChI=1S/C26H30FN3O2/c1-18-14-20-9-13-30(17-22(20)15-19(18)2)26(32)21-4-3-11-29(16-21)12-10-25(31)28-24-7-5-23(27)6-8-24/h4-8,14-15H,3,9-13,16-17H2,1-2H3,(H,28,31). The number of rotatable bonds is 5. The topological polar surface area (TPSA) is 52.7 Å². The van der Waals surface area contributed by atoms with Gasteiger partial charge in [-0.05, 0) is 73.2 Å². The molecule has 2 aliphatic heterocycles. The van der Waals surface area contributed by atoms with Gasteiger partial charge in [0.05, 0.1) is 0 Å². The number of fused-ring (bicyclic) bond motifs is 1. The molecule has 0 saturated heterocycles. The van der Waals surface area contributed by atoms with Crippen LogP contribution >= 0.6 is 0 Å². The van der Waals surface area contributed by atoms with Crippen LogP contribution in [0.25, 0.3) is 0 Å². The van der Waals surface area contributed by atoms with E-state index in [1.165, 1.54) is 34.4 Å². The maximum atomic E-state index is 13.2. The zero-order valence-corrected chi connectivity index (χ0v) is 18.8. The van der Waals surface area contributed by atoms with Crippen molar-refractivity contribution in [2.24, 2.45) is 0 Å². The summed E-state index contributed by atoms with van der Waals surface area (Å²) in [7, 11) is 0. The van der Waals surface area contributed by atoms with Gasteiger partial charge in [0, 0.05) is 50.4 Å². The lowest BCUT2D eigenvalue weighted by Gasteiger charge is -2.33. The van der Waals surface area contributed by atoms with Crippen molar-refractivity contribution in [2.45, 2.75) is 39.7 Å². The van der Waals surface area contributed by atoms with Crippen LogP contribution in [0.3, 0.4) is 0 Å². The van der Waals surface area contributed by atoms with Crippen molar-refractivity contribution in [1.29, 1.82) is 0 Å². The predicted octanol–water partition coefficient (Wildman–Crippen LogP) is 3.99. The van der Waals surface area contributed by atoms with Gasteiger partial charge in [0.15, 0.2) is 0 Å². The van der Waals surface area contributed by atoms with Crippen molar-refractivity contribution in [3.8, 4) is 0 Å². The lowest BCUT2D eigenvalue weighted by molar-refractivity contribution is -0.128. The Morgan fingerprint density at radius 1 is 1.00 bits per heavy atom. The van der Waals surface area contributed by atoms with E-state index in [0.717, 1.165) is 31.5 Å².